The van der Waals surface area contributed by atoms with Crippen LogP contribution in [-0.2, 0) is 0 Å². The molecule has 1 N–H and O–H groups in total. The van der Waals surface area contributed by atoms with E-state index in [-0.39, 0.29) is 0 Å². The number of hydrogen-bond acceptors (Lipinski definition) is 3. The lowest BCUT2D eigenvalue weighted by molar-refractivity contribution is 1.15. The fraction of sp³-hybridized carbons (Fsp3) is 0. The average molecular weight is 155 g/mol. The van der Waals surface area contributed by atoms with E-state index in [2.05, 4.69) is 17.0 Å². The molecule has 0 aliphatic carbocycles. The second-order valence-electron chi connectivity index (χ2n) is 2.02. The molecule has 0 aliphatic rings. The van der Waals surface area contributed by atoms with Gasteiger partial charge in [-0.1, -0.05) is 5.92 Å². The Morgan fingerprint density at radius 1 is 1.25 bits per heavy atom. The molecule has 0 unspecified atom stereocenters. The van der Waals surface area contributed by atoms with E-state index in [4.69, 9.17) is 10.8 Å². The first-order valence-corrected chi connectivity index (χ1v) is 3.24. The van der Waals surface area contributed by atoms with Gasteiger partial charge in [-0.25, -0.2) is 5.53 Å². The van der Waals surface area contributed by atoms with Gasteiger partial charge in [-0.3, -0.25) is 0 Å². The molecule has 0 radical (unpaired) electrons. The zero-order valence-electron chi connectivity index (χ0n) is 6.20. The van der Waals surface area contributed by atoms with E-state index in [0.29, 0.717) is 5.69 Å². The predicted octanol–water partition coefficient (Wildman–Crippen LogP) is 2.22. The molecule has 1 aromatic rings. The monoisotopic (exact) mass is 155 g/mol. The third kappa shape index (κ3) is 1.93. The minimum Gasteiger partial charge on any atom is -0.204 e. The van der Waals surface area contributed by atoms with Crippen LogP contribution in [-0.4, -0.2) is 0 Å². The van der Waals surface area contributed by atoms with Gasteiger partial charge >= 0.3 is 0 Å². The minimum atomic E-state index is 0.581. The van der Waals surface area contributed by atoms with Gasteiger partial charge in [0.2, 0.25) is 0 Å². The van der Waals surface area contributed by atoms with Crippen molar-refractivity contribution >= 4 is 5.69 Å². The summed E-state index contributed by atoms with van der Waals surface area (Å²) in [6.45, 7) is 0. The summed E-state index contributed by atoms with van der Waals surface area (Å²) in [7, 11) is 0. The molecule has 1 aromatic carbocycles. The molecule has 0 atom stereocenters. The van der Waals surface area contributed by atoms with Gasteiger partial charge in [0.05, 0.1) is 5.69 Å². The highest BCUT2D eigenvalue weighted by Crippen LogP contribution is 2.11. The molecule has 0 aromatic heterocycles. The summed E-state index contributed by atoms with van der Waals surface area (Å²) in [5.74, 6) is 4.91. The lowest BCUT2D eigenvalue weighted by Crippen LogP contribution is -1.70. The predicted molar refractivity (Wildman–Crippen MR) is 43.7 cm³/mol. The van der Waals surface area contributed by atoms with Crippen LogP contribution in [0, 0.1) is 28.7 Å². The maximum absolute atomic E-state index is 8.16. The van der Waals surface area contributed by atoms with Gasteiger partial charge in [-0.05, 0) is 24.3 Å². The smallest absolute Gasteiger partial charge is 0.152 e. The summed E-state index contributed by atoms with van der Waals surface area (Å²) < 4.78 is 0. The van der Waals surface area contributed by atoms with Gasteiger partial charge in [0.15, 0.2) is 6.07 Å². The Bertz CT molecular complexity index is 373. The fourth-order valence-corrected chi connectivity index (χ4v) is 0.719. The van der Waals surface area contributed by atoms with Crippen LogP contribution in [0.1, 0.15) is 5.56 Å². The van der Waals surface area contributed by atoms with E-state index in [1.165, 1.54) is 0 Å². The average Bonchev–Trinajstić information content (AvgIpc) is 2.15. The molecule has 0 amide bonds. The van der Waals surface area contributed by atoms with Gasteiger partial charge in [0.1, 0.15) is 0 Å². The summed E-state index contributed by atoms with van der Waals surface area (Å²) >= 11 is 0. The van der Waals surface area contributed by atoms with E-state index in [1.54, 1.807) is 30.3 Å². The Morgan fingerprint density at radius 3 is 2.42 bits per heavy atom. The third-order valence-electron chi connectivity index (χ3n) is 1.26. The van der Waals surface area contributed by atoms with Crippen LogP contribution in [0.2, 0.25) is 0 Å². The van der Waals surface area contributed by atoms with E-state index < -0.39 is 0 Å². The summed E-state index contributed by atoms with van der Waals surface area (Å²) in [6.07, 6.45) is 0. The first-order chi connectivity index (χ1) is 5.86. The summed E-state index contributed by atoms with van der Waals surface area (Å²) in [6, 6.07) is 8.51. The van der Waals surface area contributed by atoms with E-state index in [1.807, 2.05) is 0 Å². The molecule has 3 heteroatoms. The van der Waals surface area contributed by atoms with E-state index in [9.17, 15) is 0 Å². The van der Waals surface area contributed by atoms with Crippen molar-refractivity contribution in [1.82, 2.24) is 0 Å². The molecule has 0 saturated carbocycles. The van der Waals surface area contributed by atoms with E-state index >= 15 is 0 Å². The maximum Gasteiger partial charge on any atom is 0.152 e. The molecular weight excluding hydrogens is 150 g/mol. The van der Waals surface area contributed by atoms with Crippen LogP contribution >= 0.6 is 0 Å². The molecule has 12 heavy (non-hydrogen) atoms. The normalized spacial score (nSPS) is 7.58. The van der Waals surface area contributed by atoms with Gasteiger partial charge in [-0.2, -0.15) is 10.4 Å². The van der Waals surface area contributed by atoms with Crippen molar-refractivity contribution in [1.29, 1.82) is 10.8 Å². The standard InChI is InChI=1S/C9H5N3/c10-7-1-2-8-3-5-9(12-11)6-4-8/h3-6,11H. The molecule has 56 valence electrons. The van der Waals surface area contributed by atoms with Crippen LogP contribution in [0.5, 0.6) is 0 Å². The maximum atomic E-state index is 8.16. The van der Waals surface area contributed by atoms with Crippen LogP contribution < -0.4 is 0 Å². The Balaban J connectivity index is 2.94. The molecule has 0 spiro atoms. The van der Waals surface area contributed by atoms with Crippen LogP contribution in [0.25, 0.3) is 0 Å². The van der Waals surface area contributed by atoms with Crippen molar-refractivity contribution < 1.29 is 0 Å². The highest BCUT2D eigenvalue weighted by molar-refractivity contribution is 5.45. The van der Waals surface area contributed by atoms with Crippen molar-refractivity contribution in [3.05, 3.63) is 29.8 Å². The van der Waals surface area contributed by atoms with Gasteiger partial charge in [0, 0.05) is 11.5 Å². The van der Waals surface area contributed by atoms with Crippen molar-refractivity contribution in [3.8, 4) is 17.9 Å². The Morgan fingerprint density at radius 2 is 1.92 bits per heavy atom. The van der Waals surface area contributed by atoms with E-state index in [0.717, 1.165) is 5.56 Å². The SMILES string of the molecule is N#CC#Cc1ccc(N=N)cc1. The second kappa shape index (κ2) is 3.90. The molecular formula is C9H5N3. The number of benzene rings is 1. The fourth-order valence-electron chi connectivity index (χ4n) is 0.719. The Hall–Kier alpha value is -2.13. The number of nitriles is 1. The summed E-state index contributed by atoms with van der Waals surface area (Å²) in [4.78, 5) is 0. The van der Waals surface area contributed by atoms with Crippen molar-refractivity contribution in [3.63, 3.8) is 0 Å². The first-order valence-electron chi connectivity index (χ1n) is 3.24. The van der Waals surface area contributed by atoms with Crippen molar-refractivity contribution in [2.75, 3.05) is 0 Å². The molecule has 0 heterocycles. The quantitative estimate of drug-likeness (QED) is 0.490. The van der Waals surface area contributed by atoms with Crippen LogP contribution in [0.15, 0.2) is 29.4 Å². The molecule has 0 saturated heterocycles. The summed E-state index contributed by atoms with van der Waals surface area (Å²) in [5, 5.41) is 11.4. The topological polar surface area (TPSA) is 60.0 Å². The molecule has 0 aliphatic heterocycles. The number of nitrogens with one attached hydrogen (secondary N) is 1. The first kappa shape index (κ1) is 7.97. The number of rotatable bonds is 1. The highest BCUT2D eigenvalue weighted by Gasteiger charge is 1.87. The Labute approximate surface area is 70.2 Å². The van der Waals surface area contributed by atoms with Gasteiger partial charge in [-0.15, -0.1) is 0 Å². The van der Waals surface area contributed by atoms with Crippen LogP contribution in [0.3, 0.4) is 0 Å². The number of hydrogen-bond donors (Lipinski definition) is 1. The molecule has 1 rings (SSSR count). The number of nitrogens with zero attached hydrogens (tertiary/aromatic N) is 2. The highest BCUT2D eigenvalue weighted by atomic mass is 14.9. The molecule has 0 bridgehead atoms. The van der Waals surface area contributed by atoms with Crippen molar-refractivity contribution in [2.45, 2.75) is 0 Å². The zero-order chi connectivity index (χ0) is 8.81. The third-order valence-corrected chi connectivity index (χ3v) is 1.26. The molecule has 0 fully saturated rings. The second-order valence-corrected chi connectivity index (χ2v) is 2.02. The van der Waals surface area contributed by atoms with Gasteiger partial charge < -0.3 is 0 Å². The minimum absolute atomic E-state index is 0.581. The molecule has 3 nitrogen and oxygen atoms in total. The van der Waals surface area contributed by atoms with Crippen LogP contribution in [0.4, 0.5) is 5.69 Å². The van der Waals surface area contributed by atoms with Gasteiger partial charge in [0.25, 0.3) is 0 Å². The Kier molecular flexibility index (Phi) is 2.59. The lowest BCUT2D eigenvalue weighted by Gasteiger charge is -1.89. The summed E-state index contributed by atoms with van der Waals surface area (Å²) in [5.41, 5.74) is 8.02. The van der Waals surface area contributed by atoms with Crippen molar-refractivity contribution in [2.24, 2.45) is 5.11 Å². The largest absolute Gasteiger partial charge is 0.204 e. The zero-order valence-corrected chi connectivity index (χ0v) is 6.20. The lowest BCUT2D eigenvalue weighted by atomic mass is 10.2.